The second-order valence-electron chi connectivity index (χ2n) is 2.37. The van der Waals surface area contributed by atoms with E-state index in [0.29, 0.717) is 6.04 Å². The van der Waals surface area contributed by atoms with Gasteiger partial charge in [-0.3, -0.25) is 0 Å². The van der Waals surface area contributed by atoms with Crippen molar-refractivity contribution < 1.29 is 0 Å². The van der Waals surface area contributed by atoms with E-state index in [2.05, 4.69) is 29.2 Å². The minimum Gasteiger partial charge on any atom is -0.357 e. The Labute approximate surface area is 60.3 Å². The minimum absolute atomic E-state index is 0.366. The summed E-state index contributed by atoms with van der Waals surface area (Å²) in [5.41, 5.74) is 0. The molecule has 1 aromatic heterocycles. The summed E-state index contributed by atoms with van der Waals surface area (Å²) >= 11 is 0. The molecule has 0 aromatic carbocycles. The fourth-order valence-corrected chi connectivity index (χ4v) is 0.807. The van der Waals surface area contributed by atoms with Crippen LogP contribution in [0.4, 0.5) is 5.95 Å². The van der Waals surface area contributed by atoms with Crippen LogP contribution in [-0.4, -0.2) is 21.8 Å². The average molecular weight is 140 g/mol. The molecule has 0 aliphatic rings. The zero-order chi connectivity index (χ0) is 7.56. The van der Waals surface area contributed by atoms with E-state index in [-0.39, 0.29) is 0 Å². The lowest BCUT2D eigenvalue weighted by Gasteiger charge is -2.07. The standard InChI is InChI=1S/C6H12N4/c1-5(2)10-6(7-3)8-4-9-10/h4-5H,1-3H3,(H,7,8,9). The van der Waals surface area contributed by atoms with Gasteiger partial charge in [-0.25, -0.2) is 4.68 Å². The summed E-state index contributed by atoms with van der Waals surface area (Å²) in [5.74, 6) is 0.815. The van der Waals surface area contributed by atoms with Crippen molar-refractivity contribution in [3.63, 3.8) is 0 Å². The maximum Gasteiger partial charge on any atom is 0.221 e. The van der Waals surface area contributed by atoms with Crippen molar-refractivity contribution in [2.45, 2.75) is 19.9 Å². The summed E-state index contributed by atoms with van der Waals surface area (Å²) in [7, 11) is 1.84. The molecule has 0 saturated carbocycles. The molecule has 1 heterocycles. The van der Waals surface area contributed by atoms with Crippen molar-refractivity contribution in [1.82, 2.24) is 14.8 Å². The molecule has 1 N–H and O–H groups in total. The third kappa shape index (κ3) is 1.10. The highest BCUT2D eigenvalue weighted by molar-refractivity contribution is 5.21. The molecule has 0 spiro atoms. The smallest absolute Gasteiger partial charge is 0.221 e. The summed E-state index contributed by atoms with van der Waals surface area (Å²) in [4.78, 5) is 4.00. The molecule has 0 fully saturated rings. The lowest BCUT2D eigenvalue weighted by atomic mass is 10.4. The molecule has 1 aromatic rings. The molecule has 4 nitrogen and oxygen atoms in total. The molecule has 0 saturated heterocycles. The molecular formula is C6H12N4. The van der Waals surface area contributed by atoms with Gasteiger partial charge in [0.2, 0.25) is 5.95 Å². The quantitative estimate of drug-likeness (QED) is 0.663. The van der Waals surface area contributed by atoms with E-state index < -0.39 is 0 Å². The first kappa shape index (κ1) is 7.05. The average Bonchev–Trinajstić information content (AvgIpc) is 2.33. The van der Waals surface area contributed by atoms with Crippen LogP contribution in [0.25, 0.3) is 0 Å². The van der Waals surface area contributed by atoms with Crippen LogP contribution >= 0.6 is 0 Å². The predicted octanol–water partition coefficient (Wildman–Crippen LogP) is 0.901. The third-order valence-corrected chi connectivity index (χ3v) is 1.29. The van der Waals surface area contributed by atoms with E-state index in [0.717, 1.165) is 5.95 Å². The number of hydrogen-bond donors (Lipinski definition) is 1. The van der Waals surface area contributed by atoms with Crippen molar-refractivity contribution in [2.24, 2.45) is 0 Å². The van der Waals surface area contributed by atoms with Crippen LogP contribution in [0.3, 0.4) is 0 Å². The molecule has 0 atom stereocenters. The van der Waals surface area contributed by atoms with Gasteiger partial charge in [-0.1, -0.05) is 0 Å². The van der Waals surface area contributed by atoms with Crippen molar-refractivity contribution in [2.75, 3.05) is 12.4 Å². The molecule has 56 valence electrons. The summed E-state index contributed by atoms with van der Waals surface area (Å²) in [6, 6.07) is 0.366. The predicted molar refractivity (Wildman–Crippen MR) is 40.0 cm³/mol. The maximum absolute atomic E-state index is 4.03. The van der Waals surface area contributed by atoms with Crippen molar-refractivity contribution >= 4 is 5.95 Å². The fourth-order valence-electron chi connectivity index (χ4n) is 0.807. The van der Waals surface area contributed by atoms with Crippen molar-refractivity contribution in [1.29, 1.82) is 0 Å². The van der Waals surface area contributed by atoms with Crippen molar-refractivity contribution in [3.8, 4) is 0 Å². The Hall–Kier alpha value is -1.06. The minimum atomic E-state index is 0.366. The fraction of sp³-hybridized carbons (Fsp3) is 0.667. The van der Waals surface area contributed by atoms with Crippen LogP contribution in [0.2, 0.25) is 0 Å². The monoisotopic (exact) mass is 140 g/mol. The van der Waals surface area contributed by atoms with Gasteiger partial charge in [0.25, 0.3) is 0 Å². The Kier molecular flexibility index (Phi) is 1.89. The number of rotatable bonds is 2. The van der Waals surface area contributed by atoms with Crippen LogP contribution in [0.15, 0.2) is 6.33 Å². The molecular weight excluding hydrogens is 128 g/mol. The zero-order valence-electron chi connectivity index (χ0n) is 6.50. The molecule has 0 bridgehead atoms. The highest BCUT2D eigenvalue weighted by Gasteiger charge is 2.03. The van der Waals surface area contributed by atoms with Gasteiger partial charge in [-0.05, 0) is 13.8 Å². The lowest BCUT2D eigenvalue weighted by Crippen LogP contribution is -2.07. The summed E-state index contributed by atoms with van der Waals surface area (Å²) in [6.45, 7) is 4.13. The van der Waals surface area contributed by atoms with E-state index in [1.807, 2.05) is 11.7 Å². The van der Waals surface area contributed by atoms with E-state index in [4.69, 9.17) is 0 Å². The maximum atomic E-state index is 4.03. The molecule has 0 amide bonds. The highest BCUT2D eigenvalue weighted by atomic mass is 15.4. The van der Waals surface area contributed by atoms with Crippen LogP contribution in [0.1, 0.15) is 19.9 Å². The van der Waals surface area contributed by atoms with E-state index >= 15 is 0 Å². The van der Waals surface area contributed by atoms with Crippen LogP contribution < -0.4 is 5.32 Å². The number of anilines is 1. The van der Waals surface area contributed by atoms with Gasteiger partial charge in [-0.15, -0.1) is 0 Å². The molecule has 0 aliphatic carbocycles. The molecule has 10 heavy (non-hydrogen) atoms. The first-order valence-electron chi connectivity index (χ1n) is 3.33. The van der Waals surface area contributed by atoms with Gasteiger partial charge in [0.05, 0.1) is 6.04 Å². The van der Waals surface area contributed by atoms with Gasteiger partial charge >= 0.3 is 0 Å². The van der Waals surface area contributed by atoms with Gasteiger partial charge in [0, 0.05) is 7.05 Å². The molecule has 0 unspecified atom stereocenters. The highest BCUT2D eigenvalue weighted by Crippen LogP contribution is 2.07. The molecule has 0 aliphatic heterocycles. The van der Waals surface area contributed by atoms with Crippen LogP contribution in [-0.2, 0) is 0 Å². The number of hydrogen-bond acceptors (Lipinski definition) is 3. The Morgan fingerprint density at radius 1 is 1.60 bits per heavy atom. The van der Waals surface area contributed by atoms with Gasteiger partial charge < -0.3 is 5.32 Å². The molecule has 0 radical (unpaired) electrons. The normalized spacial score (nSPS) is 10.4. The van der Waals surface area contributed by atoms with Crippen molar-refractivity contribution in [3.05, 3.63) is 6.33 Å². The van der Waals surface area contributed by atoms with Crippen LogP contribution in [0.5, 0.6) is 0 Å². The Morgan fingerprint density at radius 3 is 2.70 bits per heavy atom. The largest absolute Gasteiger partial charge is 0.357 e. The van der Waals surface area contributed by atoms with Gasteiger partial charge in [0.15, 0.2) is 0 Å². The third-order valence-electron chi connectivity index (χ3n) is 1.29. The number of nitrogens with zero attached hydrogens (tertiary/aromatic N) is 3. The van der Waals surface area contributed by atoms with Gasteiger partial charge in [0.1, 0.15) is 6.33 Å². The second kappa shape index (κ2) is 2.68. The summed E-state index contributed by atoms with van der Waals surface area (Å²) in [5, 5.41) is 6.98. The van der Waals surface area contributed by atoms with Gasteiger partial charge in [-0.2, -0.15) is 10.1 Å². The first-order chi connectivity index (χ1) is 4.75. The Morgan fingerprint density at radius 2 is 2.30 bits per heavy atom. The Bertz CT molecular complexity index is 203. The zero-order valence-corrected chi connectivity index (χ0v) is 6.50. The summed E-state index contributed by atoms with van der Waals surface area (Å²) < 4.78 is 1.83. The van der Waals surface area contributed by atoms with E-state index in [1.54, 1.807) is 6.33 Å². The summed E-state index contributed by atoms with van der Waals surface area (Å²) in [6.07, 6.45) is 1.55. The van der Waals surface area contributed by atoms with E-state index in [9.17, 15) is 0 Å². The molecule has 4 heteroatoms. The number of nitrogens with one attached hydrogen (secondary N) is 1. The number of aromatic nitrogens is 3. The lowest BCUT2D eigenvalue weighted by molar-refractivity contribution is 0.538. The molecule has 1 rings (SSSR count). The Balaban J connectivity index is 2.90. The van der Waals surface area contributed by atoms with Crippen LogP contribution in [0, 0.1) is 0 Å². The SMILES string of the molecule is CNc1ncnn1C(C)C. The topological polar surface area (TPSA) is 42.7 Å². The second-order valence-corrected chi connectivity index (χ2v) is 2.37. The van der Waals surface area contributed by atoms with E-state index in [1.165, 1.54) is 0 Å². The first-order valence-corrected chi connectivity index (χ1v) is 3.33.